The minimum Gasteiger partial charge on any atom is -0.507 e. The van der Waals surface area contributed by atoms with Gasteiger partial charge in [0.2, 0.25) is 5.60 Å². The third-order valence-corrected chi connectivity index (χ3v) is 10.3. The van der Waals surface area contributed by atoms with E-state index in [4.69, 9.17) is 20.0 Å². The average Bonchev–Trinajstić information content (AvgIpc) is 3.54. The number of phenols is 1. The number of aliphatic carboxylic acids is 1. The maximum absolute atomic E-state index is 13.5. The molecule has 2 amide bonds. The Bertz CT molecular complexity index is 2050. The molecule has 3 atom stereocenters. The van der Waals surface area contributed by atoms with E-state index in [1.165, 1.54) is 27.0 Å². The van der Waals surface area contributed by atoms with Crippen LogP contribution in [0.1, 0.15) is 90.2 Å². The lowest BCUT2D eigenvalue weighted by molar-refractivity contribution is -0.161. The van der Waals surface area contributed by atoms with E-state index in [2.05, 4.69) is 40.0 Å². The summed E-state index contributed by atoms with van der Waals surface area (Å²) in [6, 6.07) is 1.94. The summed E-state index contributed by atoms with van der Waals surface area (Å²) in [5.74, 6) is -3.47. The molecule has 6 N–H and O–H groups in total. The van der Waals surface area contributed by atoms with Crippen LogP contribution in [0, 0.1) is 5.92 Å². The summed E-state index contributed by atoms with van der Waals surface area (Å²) in [6.45, 7) is 12.2. The number of nitrogens with one attached hydrogen (secondary N) is 1. The fraction of sp³-hybridized carbons (Fsp3) is 0.474. The molecule has 1 saturated heterocycles. The van der Waals surface area contributed by atoms with Crippen LogP contribution < -0.4 is 15.8 Å². The van der Waals surface area contributed by atoms with Crippen LogP contribution in [0.4, 0.5) is 0 Å². The van der Waals surface area contributed by atoms with E-state index < -0.39 is 52.0 Å². The predicted molar refractivity (Wildman–Crippen MR) is 208 cm³/mol. The van der Waals surface area contributed by atoms with E-state index in [1.807, 2.05) is 19.9 Å². The Balaban J connectivity index is 1.62. The first-order valence-corrected chi connectivity index (χ1v) is 19.5. The minimum absolute atomic E-state index is 0.0233. The van der Waals surface area contributed by atoms with E-state index in [0.717, 1.165) is 54.9 Å². The Kier molecular flexibility index (Phi) is 13.9. The van der Waals surface area contributed by atoms with Gasteiger partial charge in [-0.05, 0) is 89.1 Å². The van der Waals surface area contributed by atoms with E-state index >= 15 is 0 Å². The second-order valence-electron chi connectivity index (χ2n) is 14.3. The van der Waals surface area contributed by atoms with Gasteiger partial charge in [-0.2, -0.15) is 12.7 Å². The number of β-lactam (4-membered cyclic amide) rings is 1. The number of aryl methyl sites for hydroxylation is 1. The van der Waals surface area contributed by atoms with E-state index in [0.29, 0.717) is 17.7 Å². The molecule has 304 valence electrons. The lowest BCUT2D eigenvalue weighted by Gasteiger charge is -2.38. The summed E-state index contributed by atoms with van der Waals surface area (Å²) in [5.41, 5.74) is 6.34. The predicted octanol–water partition coefficient (Wildman–Crippen LogP) is 4.42. The molecule has 1 aromatic rings. The zero-order valence-electron chi connectivity index (χ0n) is 32.4. The number of phenolic OH excluding ortho intramolecular Hbond substituents is 1. The van der Waals surface area contributed by atoms with Gasteiger partial charge < -0.3 is 35.6 Å². The van der Waals surface area contributed by atoms with Crippen molar-refractivity contribution in [3.05, 3.63) is 70.6 Å². The van der Waals surface area contributed by atoms with Gasteiger partial charge in [-0.15, -0.1) is 0 Å². The lowest BCUT2D eigenvalue weighted by Crippen LogP contribution is -2.64. The number of oxime groups is 1. The molecular weight excluding hydrogens is 749 g/mol. The highest BCUT2D eigenvalue weighted by Gasteiger charge is 2.50. The van der Waals surface area contributed by atoms with Crippen LogP contribution in [0.5, 0.6) is 11.5 Å². The monoisotopic (exact) mass is 798 g/mol. The van der Waals surface area contributed by atoms with Gasteiger partial charge in [0, 0.05) is 24.9 Å². The second kappa shape index (κ2) is 18.0. The molecule has 2 heterocycles. The van der Waals surface area contributed by atoms with Crippen molar-refractivity contribution in [3.63, 3.8) is 0 Å². The molecule has 18 heteroatoms. The minimum atomic E-state index is -5.14. The smallest absolute Gasteiger partial charge is 0.389 e. The topological polar surface area (TPSA) is 252 Å². The number of benzene rings is 1. The molecule has 1 fully saturated rings. The standard InChI is InChI=1S/C38H50N6O11S/c1-8-9-10-11-23-19-28(45)31(25-18-22(4)12-13-24(25)21(2)3)29(20-23)54-37(40-7)53-17-16-27-33(35(47)44(27)56(50,51)52)42-34(46)32(26-14-15-30(39)41-26)43-55-38(5,6)36(48)49/h14,16,18-20,24-25,33,45H,2,8-13,15,17H2,1,3-7H3,(H2,39,41)(H,42,46)(H,48,49)(H,50,51,52)/b27-16+,40-37-,43-32-/t24-,25+,33-/m0/s1. The number of carboxylic acids is 1. The molecule has 0 spiro atoms. The summed E-state index contributed by atoms with van der Waals surface area (Å²) in [6.07, 6.45) is 9.82. The van der Waals surface area contributed by atoms with Gasteiger partial charge in [-0.1, -0.05) is 48.7 Å². The zero-order valence-corrected chi connectivity index (χ0v) is 33.2. The van der Waals surface area contributed by atoms with Crippen molar-refractivity contribution in [2.75, 3.05) is 13.7 Å². The maximum atomic E-state index is 13.5. The number of carbonyl (C=O) groups is 3. The molecule has 56 heavy (non-hydrogen) atoms. The Morgan fingerprint density at radius 1 is 1.25 bits per heavy atom. The average molecular weight is 799 g/mol. The summed E-state index contributed by atoms with van der Waals surface area (Å²) in [4.78, 5) is 51.2. The first-order chi connectivity index (χ1) is 26.3. The summed E-state index contributed by atoms with van der Waals surface area (Å²) in [5, 5.41) is 26.9. The van der Waals surface area contributed by atoms with E-state index in [-0.39, 0.29) is 51.6 Å². The largest absolute Gasteiger partial charge is 0.507 e. The van der Waals surface area contributed by atoms with Crippen LogP contribution in [0.25, 0.3) is 0 Å². The van der Waals surface area contributed by atoms with Crippen molar-refractivity contribution < 1.29 is 51.9 Å². The Morgan fingerprint density at radius 3 is 2.55 bits per heavy atom. The SMILES string of the molecule is C=C(C)[C@@H]1CCC(C)=C[C@H]1c1c(O)cc(CCCCC)cc1O/C(=N\C)OC/C=C1\[C@H](NC(=O)/C(=N\OC(C)(C)C(=O)O)C2=CCC(N)=N2)C(=O)N1S(=O)(=O)O. The highest BCUT2D eigenvalue weighted by Crippen LogP contribution is 2.47. The molecule has 1 aromatic carbocycles. The molecule has 0 unspecified atom stereocenters. The fourth-order valence-corrected chi connectivity index (χ4v) is 7.13. The van der Waals surface area contributed by atoms with Crippen LogP contribution in [0.15, 0.2) is 74.6 Å². The first-order valence-electron chi connectivity index (χ1n) is 18.1. The number of aromatic hydroxyl groups is 1. The normalized spacial score (nSPS) is 21.2. The first kappa shape index (κ1) is 43.2. The molecule has 0 saturated carbocycles. The number of allylic oxidation sites excluding steroid dienone is 3. The van der Waals surface area contributed by atoms with Crippen molar-refractivity contribution in [2.24, 2.45) is 26.8 Å². The van der Waals surface area contributed by atoms with Crippen molar-refractivity contribution in [1.29, 1.82) is 0 Å². The van der Waals surface area contributed by atoms with Gasteiger partial charge in [0.1, 0.15) is 23.9 Å². The second-order valence-corrected chi connectivity index (χ2v) is 15.5. The third-order valence-electron chi connectivity index (χ3n) is 9.43. The molecule has 4 rings (SSSR count). The number of nitrogens with zero attached hydrogens (tertiary/aromatic N) is 4. The highest BCUT2D eigenvalue weighted by molar-refractivity contribution is 7.84. The summed E-state index contributed by atoms with van der Waals surface area (Å²) < 4.78 is 46.3. The number of carbonyl (C=O) groups excluding carboxylic acids is 2. The number of ether oxygens (including phenoxy) is 2. The number of aliphatic imine (C=N–C) groups is 2. The van der Waals surface area contributed by atoms with Crippen molar-refractivity contribution in [1.82, 2.24) is 9.62 Å². The van der Waals surface area contributed by atoms with Gasteiger partial charge in [-0.3, -0.25) is 14.1 Å². The van der Waals surface area contributed by atoms with Gasteiger partial charge in [0.25, 0.3) is 11.8 Å². The Morgan fingerprint density at radius 2 is 1.96 bits per heavy atom. The number of rotatable bonds is 16. The van der Waals surface area contributed by atoms with Gasteiger partial charge in [0.15, 0.2) is 11.8 Å². The number of hydrogen-bond donors (Lipinski definition) is 5. The van der Waals surface area contributed by atoms with E-state index in [1.54, 1.807) is 6.07 Å². The van der Waals surface area contributed by atoms with Gasteiger partial charge >= 0.3 is 22.4 Å². The van der Waals surface area contributed by atoms with E-state index in [9.17, 15) is 37.6 Å². The van der Waals surface area contributed by atoms with Crippen LogP contribution in [0.2, 0.25) is 0 Å². The fourth-order valence-electron chi connectivity index (χ4n) is 6.35. The van der Waals surface area contributed by atoms with Gasteiger partial charge in [-0.25, -0.2) is 14.8 Å². The molecule has 17 nitrogen and oxygen atoms in total. The quantitative estimate of drug-likeness (QED) is 0.0297. The Labute approximate surface area is 326 Å². The number of unbranched alkanes of at least 4 members (excludes halogenated alkanes) is 2. The van der Waals surface area contributed by atoms with Gasteiger partial charge in [0.05, 0.1) is 11.4 Å². The molecule has 0 bridgehead atoms. The summed E-state index contributed by atoms with van der Waals surface area (Å²) >= 11 is 0. The number of amidine groups is 1. The summed E-state index contributed by atoms with van der Waals surface area (Å²) in [7, 11) is -3.74. The molecular formula is C38H50N6O11S. The van der Waals surface area contributed by atoms with Crippen molar-refractivity contribution >= 4 is 45.7 Å². The van der Waals surface area contributed by atoms with Crippen LogP contribution in [-0.2, 0) is 40.7 Å². The molecule has 1 aliphatic carbocycles. The van der Waals surface area contributed by atoms with Crippen molar-refractivity contribution in [2.45, 2.75) is 97.1 Å². The third kappa shape index (κ3) is 10.2. The molecule has 0 aromatic heterocycles. The number of amides is 2. The number of hydrogen-bond acceptors (Lipinski definition) is 13. The molecule has 0 radical (unpaired) electrons. The van der Waals surface area contributed by atoms with Crippen molar-refractivity contribution in [3.8, 4) is 11.5 Å². The maximum Gasteiger partial charge on any atom is 0.389 e. The zero-order chi connectivity index (χ0) is 41.5. The Hall–Kier alpha value is -5.49. The highest BCUT2D eigenvalue weighted by atomic mass is 32.2. The number of nitrogens with two attached hydrogens (primary N) is 1. The van der Waals surface area contributed by atoms with Crippen LogP contribution in [-0.4, -0.2) is 88.2 Å². The molecule has 2 aliphatic heterocycles. The van der Waals surface area contributed by atoms with Crippen LogP contribution >= 0.6 is 0 Å². The molecule has 3 aliphatic rings. The number of carboxylic acid groups (broad SMARTS) is 1. The lowest BCUT2D eigenvalue weighted by atomic mass is 9.73. The van der Waals surface area contributed by atoms with Crippen LogP contribution in [0.3, 0.4) is 0 Å².